The molecule has 1 aliphatic rings. The number of aromatic nitrogens is 2. The van der Waals surface area contributed by atoms with E-state index in [9.17, 15) is 23.5 Å². The third-order valence-electron chi connectivity index (χ3n) is 7.17. The van der Waals surface area contributed by atoms with E-state index in [1.54, 1.807) is 50.0 Å². The van der Waals surface area contributed by atoms with Gasteiger partial charge >= 0.3 is 0 Å². The molecule has 7 nitrogen and oxygen atoms in total. The summed E-state index contributed by atoms with van der Waals surface area (Å²) in [5.74, 6) is -2.25. The van der Waals surface area contributed by atoms with Crippen molar-refractivity contribution in [3.63, 3.8) is 0 Å². The highest BCUT2D eigenvalue weighted by molar-refractivity contribution is 5.97. The molecule has 2 atom stereocenters. The van der Waals surface area contributed by atoms with E-state index in [-0.39, 0.29) is 31.1 Å². The predicted molar refractivity (Wildman–Crippen MR) is 139 cm³/mol. The van der Waals surface area contributed by atoms with Gasteiger partial charge in [0.05, 0.1) is 24.9 Å². The topological polar surface area (TPSA) is 84.7 Å². The van der Waals surface area contributed by atoms with E-state index < -0.39 is 23.2 Å². The molecule has 0 spiro atoms. The highest BCUT2D eigenvalue weighted by atomic mass is 19.1. The number of aryl methyl sites for hydroxylation is 1. The van der Waals surface area contributed by atoms with Crippen molar-refractivity contribution >= 4 is 17.4 Å². The van der Waals surface area contributed by atoms with Crippen LogP contribution >= 0.6 is 0 Å². The van der Waals surface area contributed by atoms with E-state index in [2.05, 4.69) is 5.10 Å². The number of hydrogen-bond acceptors (Lipinski definition) is 5. The zero-order chi connectivity index (χ0) is 27.6. The van der Waals surface area contributed by atoms with Crippen LogP contribution in [0.2, 0.25) is 0 Å². The molecule has 2 aromatic carbocycles. The summed E-state index contributed by atoms with van der Waals surface area (Å²) >= 11 is 0. The normalized spacial score (nSPS) is 17.6. The molecule has 0 radical (unpaired) electrons. The number of carbonyl (C=O) groups excluding carboxylic acids is 2. The first kappa shape index (κ1) is 27.4. The minimum absolute atomic E-state index is 0.00113. The van der Waals surface area contributed by atoms with Crippen LogP contribution in [0, 0.1) is 24.5 Å². The lowest BCUT2D eigenvalue weighted by molar-refractivity contribution is -0.127. The van der Waals surface area contributed by atoms with Gasteiger partial charge < -0.3 is 14.7 Å². The second-order valence-electron chi connectivity index (χ2n) is 10.4. The van der Waals surface area contributed by atoms with Gasteiger partial charge in [-0.05, 0) is 80.6 Å². The molecule has 1 N–H and O–H groups in total. The maximum Gasteiger partial charge on any atom is 0.230 e. The second kappa shape index (κ2) is 11.0. The first-order valence-electron chi connectivity index (χ1n) is 12.6. The Bertz CT molecular complexity index is 1310. The molecule has 1 amide bonds. The molecular formula is C29H33F2N3O4. The Labute approximate surface area is 221 Å². The molecule has 0 saturated heterocycles. The Kier molecular flexibility index (Phi) is 7.97. The predicted octanol–water partition coefficient (Wildman–Crippen LogP) is 4.20. The zero-order valence-corrected chi connectivity index (χ0v) is 22.1. The molecule has 3 aromatic rings. The van der Waals surface area contributed by atoms with Gasteiger partial charge in [0.15, 0.2) is 5.78 Å². The molecule has 0 bridgehead atoms. The van der Waals surface area contributed by atoms with E-state index >= 15 is 0 Å². The highest BCUT2D eigenvalue weighted by Gasteiger charge is 2.32. The van der Waals surface area contributed by atoms with Crippen LogP contribution in [0.5, 0.6) is 5.75 Å². The second-order valence-corrected chi connectivity index (χ2v) is 10.4. The molecular weight excluding hydrogens is 492 g/mol. The fourth-order valence-corrected chi connectivity index (χ4v) is 5.14. The molecule has 0 aliphatic heterocycles. The summed E-state index contributed by atoms with van der Waals surface area (Å²) in [6.07, 6.45) is 1.52. The number of ether oxygens (including phenoxy) is 1. The lowest BCUT2D eigenvalue weighted by Gasteiger charge is -2.28. The van der Waals surface area contributed by atoms with E-state index in [1.165, 1.54) is 17.0 Å². The highest BCUT2D eigenvalue weighted by Crippen LogP contribution is 2.31. The fraction of sp³-hybridized carbons (Fsp3) is 0.414. The molecule has 0 saturated carbocycles. The number of Topliss-reactive ketones (excluding diaryl/α,β-unsaturated/α-hetero) is 1. The smallest absolute Gasteiger partial charge is 0.230 e. The summed E-state index contributed by atoms with van der Waals surface area (Å²) < 4.78 is 34.6. The van der Waals surface area contributed by atoms with Gasteiger partial charge in [-0.1, -0.05) is 0 Å². The molecule has 0 fully saturated rings. The number of fused-ring (bicyclic) bond motifs is 1. The van der Waals surface area contributed by atoms with Crippen LogP contribution in [-0.4, -0.2) is 46.3 Å². The molecule has 9 heteroatoms. The number of halogens is 2. The molecule has 1 aromatic heterocycles. The summed E-state index contributed by atoms with van der Waals surface area (Å²) in [7, 11) is 3.15. The number of hydrogen-bond donors (Lipinski definition) is 1. The maximum atomic E-state index is 13.9. The number of carbonyl (C=O) groups is 2. The standard InChI is InChI=1S/C29H33F2N3O4/c1-18-26-16-29(2,37)10-9-27(26)34(32-18)17-24(35)14-20(11-19-12-21(30)15-22(31)13-19)28(36)33(3)23-5-7-25(38-4)8-6-23/h5-8,12-13,15,20,37H,9-11,14,16-17H2,1-4H3/t20-,29?/m1/s1. The Morgan fingerprint density at radius 2 is 1.84 bits per heavy atom. The average Bonchev–Trinajstić information content (AvgIpc) is 3.15. The lowest BCUT2D eigenvalue weighted by Crippen LogP contribution is -2.36. The summed E-state index contributed by atoms with van der Waals surface area (Å²) in [6.45, 7) is 3.63. The summed E-state index contributed by atoms with van der Waals surface area (Å²) in [6, 6.07) is 10.0. The zero-order valence-electron chi connectivity index (χ0n) is 22.1. The Balaban J connectivity index is 1.56. The minimum atomic E-state index is -0.843. The Morgan fingerprint density at radius 3 is 2.47 bits per heavy atom. The van der Waals surface area contributed by atoms with Gasteiger partial charge in [0.1, 0.15) is 17.4 Å². The van der Waals surface area contributed by atoms with Gasteiger partial charge in [-0.2, -0.15) is 5.10 Å². The Morgan fingerprint density at radius 1 is 1.18 bits per heavy atom. The minimum Gasteiger partial charge on any atom is -0.497 e. The van der Waals surface area contributed by atoms with Crippen molar-refractivity contribution in [3.8, 4) is 5.75 Å². The molecule has 4 rings (SSSR count). The fourth-order valence-electron chi connectivity index (χ4n) is 5.14. The summed E-state index contributed by atoms with van der Waals surface area (Å²) in [5, 5.41) is 15.0. The largest absolute Gasteiger partial charge is 0.497 e. The summed E-state index contributed by atoms with van der Waals surface area (Å²) in [4.78, 5) is 28.3. The van der Waals surface area contributed by atoms with E-state index in [1.807, 2.05) is 6.92 Å². The van der Waals surface area contributed by atoms with Gasteiger partial charge in [-0.25, -0.2) is 8.78 Å². The molecule has 38 heavy (non-hydrogen) atoms. The molecule has 202 valence electrons. The number of nitrogens with zero attached hydrogens (tertiary/aromatic N) is 3. The van der Waals surface area contributed by atoms with Crippen LogP contribution in [0.25, 0.3) is 0 Å². The van der Waals surface area contributed by atoms with Crippen LogP contribution in [-0.2, 0) is 35.4 Å². The average molecular weight is 526 g/mol. The first-order chi connectivity index (χ1) is 18.0. The van der Waals surface area contributed by atoms with Crippen molar-refractivity contribution in [2.45, 2.75) is 58.1 Å². The van der Waals surface area contributed by atoms with Crippen molar-refractivity contribution in [2.24, 2.45) is 5.92 Å². The number of rotatable bonds is 9. The molecule has 1 heterocycles. The Hall–Kier alpha value is -3.59. The number of aliphatic hydroxyl groups is 1. The molecule has 1 aliphatic carbocycles. The third kappa shape index (κ3) is 6.27. The summed E-state index contributed by atoms with van der Waals surface area (Å²) in [5.41, 5.74) is 2.74. The van der Waals surface area contributed by atoms with Gasteiger partial charge in [0, 0.05) is 43.3 Å². The quantitative estimate of drug-likeness (QED) is 0.453. The van der Waals surface area contributed by atoms with Gasteiger partial charge in [0.25, 0.3) is 0 Å². The third-order valence-corrected chi connectivity index (χ3v) is 7.17. The van der Waals surface area contributed by atoms with Crippen LogP contribution in [0.15, 0.2) is 42.5 Å². The monoisotopic (exact) mass is 525 g/mol. The van der Waals surface area contributed by atoms with Crippen molar-refractivity contribution in [3.05, 3.63) is 76.6 Å². The van der Waals surface area contributed by atoms with Gasteiger partial charge in [-0.3, -0.25) is 14.3 Å². The van der Waals surface area contributed by atoms with Crippen LogP contribution < -0.4 is 9.64 Å². The van der Waals surface area contributed by atoms with Crippen LogP contribution in [0.1, 0.15) is 42.3 Å². The number of methoxy groups -OCH3 is 1. The van der Waals surface area contributed by atoms with Crippen LogP contribution in [0.4, 0.5) is 14.5 Å². The number of amides is 1. The maximum absolute atomic E-state index is 13.9. The van der Waals surface area contributed by atoms with Gasteiger partial charge in [0.2, 0.25) is 5.91 Å². The van der Waals surface area contributed by atoms with Crippen molar-refractivity contribution in [1.29, 1.82) is 0 Å². The van der Waals surface area contributed by atoms with Crippen LogP contribution in [0.3, 0.4) is 0 Å². The SMILES string of the molecule is COc1ccc(N(C)C(=O)[C@@H](CC(=O)Cn2nc(C)c3c2CCC(C)(O)C3)Cc2cc(F)cc(F)c2)cc1. The van der Waals surface area contributed by atoms with Crippen molar-refractivity contribution in [1.82, 2.24) is 9.78 Å². The van der Waals surface area contributed by atoms with Crippen molar-refractivity contribution in [2.75, 3.05) is 19.1 Å². The van der Waals surface area contributed by atoms with E-state index in [0.717, 1.165) is 23.0 Å². The first-order valence-corrected chi connectivity index (χ1v) is 12.6. The van der Waals surface area contributed by atoms with E-state index in [0.29, 0.717) is 36.3 Å². The number of ketones is 1. The molecule has 1 unspecified atom stereocenters. The van der Waals surface area contributed by atoms with E-state index in [4.69, 9.17) is 4.74 Å². The number of benzene rings is 2. The van der Waals surface area contributed by atoms with Gasteiger partial charge in [-0.15, -0.1) is 0 Å². The number of anilines is 1. The van der Waals surface area contributed by atoms with Crippen molar-refractivity contribution < 1.29 is 28.2 Å². The lowest BCUT2D eigenvalue weighted by atomic mass is 9.84.